The predicted octanol–water partition coefficient (Wildman–Crippen LogP) is 2.34. The molecule has 0 saturated carbocycles. The Hall–Kier alpha value is -0.530. The van der Waals surface area contributed by atoms with E-state index in [-0.39, 0.29) is 5.91 Å². The Bertz CT molecular complexity index is 134. The topological polar surface area (TPSA) is 29.1 Å². The largest absolute Gasteiger partial charge is 0.354 e. The van der Waals surface area contributed by atoms with Gasteiger partial charge in [-0.15, -0.1) is 0 Å². The molecule has 0 fully saturated rings. The third kappa shape index (κ3) is 5.16. The van der Waals surface area contributed by atoms with Gasteiger partial charge >= 0.3 is 0 Å². The normalized spacial score (nSPS) is 15.3. The van der Waals surface area contributed by atoms with Crippen LogP contribution in [0.5, 0.6) is 0 Å². The van der Waals surface area contributed by atoms with Crippen molar-refractivity contribution in [3.8, 4) is 0 Å². The molecule has 2 unspecified atom stereocenters. The molecule has 0 saturated heterocycles. The third-order valence-electron chi connectivity index (χ3n) is 2.18. The van der Waals surface area contributed by atoms with Gasteiger partial charge in [0.25, 0.3) is 0 Å². The van der Waals surface area contributed by atoms with Gasteiger partial charge in [-0.1, -0.05) is 27.2 Å². The molecule has 0 radical (unpaired) electrons. The van der Waals surface area contributed by atoms with Gasteiger partial charge in [-0.2, -0.15) is 0 Å². The van der Waals surface area contributed by atoms with Crippen molar-refractivity contribution in [2.24, 2.45) is 5.92 Å². The highest BCUT2D eigenvalue weighted by Crippen LogP contribution is 2.09. The van der Waals surface area contributed by atoms with Crippen molar-refractivity contribution in [2.45, 2.75) is 53.0 Å². The van der Waals surface area contributed by atoms with Gasteiger partial charge in [-0.3, -0.25) is 4.79 Å². The number of amides is 1. The van der Waals surface area contributed by atoms with E-state index in [0.29, 0.717) is 18.4 Å². The zero-order valence-corrected chi connectivity index (χ0v) is 8.68. The van der Waals surface area contributed by atoms with E-state index in [0.717, 1.165) is 6.42 Å². The van der Waals surface area contributed by atoms with Gasteiger partial charge in [0.1, 0.15) is 0 Å². The molecule has 0 rings (SSSR count). The Morgan fingerprint density at radius 3 is 2.33 bits per heavy atom. The van der Waals surface area contributed by atoms with Crippen LogP contribution in [0.15, 0.2) is 0 Å². The summed E-state index contributed by atoms with van der Waals surface area (Å²) in [7, 11) is 0. The van der Waals surface area contributed by atoms with Crippen LogP contribution in [0.3, 0.4) is 0 Å². The first kappa shape index (κ1) is 11.5. The molecule has 2 atom stereocenters. The lowest BCUT2D eigenvalue weighted by atomic mass is 10.0. The first-order valence-electron chi connectivity index (χ1n) is 4.89. The van der Waals surface area contributed by atoms with Gasteiger partial charge in [0.2, 0.25) is 5.91 Å². The summed E-state index contributed by atoms with van der Waals surface area (Å²) in [6, 6.07) is 0.326. The molecular formula is C10H21NO. The Kier molecular flexibility index (Phi) is 5.77. The fourth-order valence-electron chi connectivity index (χ4n) is 1.21. The lowest BCUT2D eigenvalue weighted by molar-refractivity contribution is -0.121. The van der Waals surface area contributed by atoms with Crippen LogP contribution in [0.4, 0.5) is 0 Å². The van der Waals surface area contributed by atoms with Gasteiger partial charge in [-0.25, -0.2) is 0 Å². The Morgan fingerprint density at radius 1 is 1.33 bits per heavy atom. The van der Waals surface area contributed by atoms with Crippen molar-refractivity contribution in [1.82, 2.24) is 5.32 Å². The Balaban J connectivity index is 3.58. The van der Waals surface area contributed by atoms with Crippen LogP contribution in [-0.2, 0) is 4.79 Å². The van der Waals surface area contributed by atoms with E-state index in [9.17, 15) is 4.79 Å². The van der Waals surface area contributed by atoms with Gasteiger partial charge in [0.15, 0.2) is 0 Å². The molecule has 0 aliphatic carbocycles. The van der Waals surface area contributed by atoms with E-state index in [4.69, 9.17) is 0 Å². The minimum atomic E-state index is 0.158. The summed E-state index contributed by atoms with van der Waals surface area (Å²) < 4.78 is 0. The fourth-order valence-corrected chi connectivity index (χ4v) is 1.21. The summed E-state index contributed by atoms with van der Waals surface area (Å²) in [5, 5.41) is 2.96. The van der Waals surface area contributed by atoms with Crippen molar-refractivity contribution in [3.63, 3.8) is 0 Å². The molecule has 0 aromatic carbocycles. The molecule has 0 aromatic heterocycles. The SMILES string of the molecule is CCC(=O)NC(C)CC(C)CC. The average Bonchev–Trinajstić information content (AvgIpc) is 2.03. The van der Waals surface area contributed by atoms with Crippen molar-refractivity contribution < 1.29 is 4.79 Å². The van der Waals surface area contributed by atoms with Crippen LogP contribution in [-0.4, -0.2) is 11.9 Å². The molecule has 2 nitrogen and oxygen atoms in total. The second kappa shape index (κ2) is 6.04. The first-order valence-corrected chi connectivity index (χ1v) is 4.89. The van der Waals surface area contributed by atoms with E-state index in [2.05, 4.69) is 26.1 Å². The lowest BCUT2D eigenvalue weighted by Crippen LogP contribution is -2.33. The maximum absolute atomic E-state index is 11.0. The molecule has 0 aliphatic rings. The number of rotatable bonds is 5. The fraction of sp³-hybridized carbons (Fsp3) is 0.900. The van der Waals surface area contributed by atoms with Crippen LogP contribution in [0.25, 0.3) is 0 Å². The van der Waals surface area contributed by atoms with Crippen LogP contribution in [0.2, 0.25) is 0 Å². The highest BCUT2D eigenvalue weighted by Gasteiger charge is 2.08. The highest BCUT2D eigenvalue weighted by molar-refractivity contribution is 5.75. The van der Waals surface area contributed by atoms with Crippen LogP contribution in [0, 0.1) is 5.92 Å². The van der Waals surface area contributed by atoms with Gasteiger partial charge in [0, 0.05) is 12.5 Å². The molecular weight excluding hydrogens is 150 g/mol. The Morgan fingerprint density at radius 2 is 1.92 bits per heavy atom. The molecule has 0 aliphatic heterocycles. The summed E-state index contributed by atoms with van der Waals surface area (Å²) in [5.74, 6) is 0.864. The molecule has 72 valence electrons. The lowest BCUT2D eigenvalue weighted by Gasteiger charge is -2.16. The molecule has 0 aromatic rings. The van der Waals surface area contributed by atoms with Crippen molar-refractivity contribution >= 4 is 5.91 Å². The highest BCUT2D eigenvalue weighted by atomic mass is 16.1. The number of hydrogen-bond acceptors (Lipinski definition) is 1. The predicted molar refractivity (Wildman–Crippen MR) is 52.0 cm³/mol. The second-order valence-corrected chi connectivity index (χ2v) is 3.57. The molecule has 2 heteroatoms. The molecule has 1 N–H and O–H groups in total. The zero-order chi connectivity index (χ0) is 9.56. The Labute approximate surface area is 75.7 Å². The molecule has 12 heavy (non-hydrogen) atoms. The van der Waals surface area contributed by atoms with E-state index in [1.165, 1.54) is 6.42 Å². The van der Waals surface area contributed by atoms with Gasteiger partial charge in [0.05, 0.1) is 0 Å². The number of hydrogen-bond donors (Lipinski definition) is 1. The van der Waals surface area contributed by atoms with Crippen LogP contribution < -0.4 is 5.32 Å². The van der Waals surface area contributed by atoms with Crippen molar-refractivity contribution in [3.05, 3.63) is 0 Å². The smallest absolute Gasteiger partial charge is 0.219 e. The zero-order valence-electron chi connectivity index (χ0n) is 8.68. The number of carbonyl (C=O) groups is 1. The van der Waals surface area contributed by atoms with Crippen LogP contribution in [0.1, 0.15) is 47.0 Å². The van der Waals surface area contributed by atoms with E-state index >= 15 is 0 Å². The average molecular weight is 171 g/mol. The number of carbonyl (C=O) groups excluding carboxylic acids is 1. The summed E-state index contributed by atoms with van der Waals surface area (Å²) in [6.45, 7) is 8.35. The van der Waals surface area contributed by atoms with E-state index in [1.54, 1.807) is 0 Å². The third-order valence-corrected chi connectivity index (χ3v) is 2.18. The molecule has 1 amide bonds. The minimum absolute atomic E-state index is 0.158. The molecule has 0 spiro atoms. The summed E-state index contributed by atoms with van der Waals surface area (Å²) in [6.07, 6.45) is 2.86. The maximum Gasteiger partial charge on any atom is 0.219 e. The van der Waals surface area contributed by atoms with Crippen molar-refractivity contribution in [2.75, 3.05) is 0 Å². The quantitative estimate of drug-likeness (QED) is 0.676. The molecule has 0 heterocycles. The van der Waals surface area contributed by atoms with Gasteiger partial charge in [-0.05, 0) is 19.3 Å². The van der Waals surface area contributed by atoms with Gasteiger partial charge < -0.3 is 5.32 Å². The molecule has 0 bridgehead atoms. The number of nitrogens with one attached hydrogen (secondary N) is 1. The summed E-state index contributed by atoms with van der Waals surface area (Å²) in [4.78, 5) is 11.0. The first-order chi connectivity index (χ1) is 5.60. The second-order valence-electron chi connectivity index (χ2n) is 3.57. The monoisotopic (exact) mass is 171 g/mol. The standard InChI is InChI=1S/C10H21NO/c1-5-8(3)7-9(4)11-10(12)6-2/h8-9H,5-7H2,1-4H3,(H,11,12). The summed E-state index contributed by atoms with van der Waals surface area (Å²) >= 11 is 0. The van der Waals surface area contributed by atoms with Crippen molar-refractivity contribution in [1.29, 1.82) is 0 Å². The minimum Gasteiger partial charge on any atom is -0.354 e. The summed E-state index contributed by atoms with van der Waals surface area (Å²) in [5.41, 5.74) is 0. The van der Waals surface area contributed by atoms with E-state index < -0.39 is 0 Å². The van der Waals surface area contributed by atoms with Crippen LogP contribution >= 0.6 is 0 Å². The van der Waals surface area contributed by atoms with E-state index in [1.807, 2.05) is 6.92 Å². The maximum atomic E-state index is 11.0.